The van der Waals surface area contributed by atoms with E-state index in [0.717, 1.165) is 0 Å². The van der Waals surface area contributed by atoms with Crippen molar-refractivity contribution in [2.45, 2.75) is 31.8 Å². The van der Waals surface area contributed by atoms with E-state index in [1.54, 1.807) is 19.9 Å². The van der Waals surface area contributed by atoms with Gasteiger partial charge in [0.1, 0.15) is 6.10 Å². The van der Waals surface area contributed by atoms with Crippen molar-refractivity contribution in [2.75, 3.05) is 6.61 Å². The molecule has 4 nitrogen and oxygen atoms in total. The Morgan fingerprint density at radius 2 is 2.36 bits per heavy atom. The number of rotatable bonds is 1. The van der Waals surface area contributed by atoms with Gasteiger partial charge < -0.3 is 14.6 Å². The van der Waals surface area contributed by atoms with Crippen molar-refractivity contribution in [3.63, 3.8) is 0 Å². The maximum Gasteiger partial charge on any atom is 0.168 e. The van der Waals surface area contributed by atoms with Crippen LogP contribution < -0.4 is 0 Å². The Morgan fingerprint density at radius 1 is 1.73 bits per heavy atom. The molecule has 11 heavy (non-hydrogen) atoms. The molecule has 0 aromatic carbocycles. The second kappa shape index (κ2) is 2.78. The fourth-order valence-corrected chi connectivity index (χ4v) is 0.954. The molecular weight excluding hydrogens is 146 g/mol. The highest BCUT2D eigenvalue weighted by Crippen LogP contribution is 2.23. The summed E-state index contributed by atoms with van der Waals surface area (Å²) in [5.74, 6) is -0.664. The summed E-state index contributed by atoms with van der Waals surface area (Å²) < 4.78 is 10.3. The summed E-state index contributed by atoms with van der Waals surface area (Å²) in [5.41, 5.74) is 0. The number of hydrogen-bond donors (Lipinski definition) is 1. The fraction of sp³-hybridized carbons (Fsp3) is 0.857. The predicted octanol–water partition coefficient (Wildman–Crippen LogP) is 0.0224. The molecule has 0 aromatic rings. The van der Waals surface area contributed by atoms with Gasteiger partial charge >= 0.3 is 0 Å². The zero-order valence-electron chi connectivity index (χ0n) is 6.57. The normalized spacial score (nSPS) is 31.3. The first-order valence-corrected chi connectivity index (χ1v) is 3.44. The van der Waals surface area contributed by atoms with E-state index in [4.69, 9.17) is 19.8 Å². The van der Waals surface area contributed by atoms with Gasteiger partial charge in [-0.2, -0.15) is 5.26 Å². The first kappa shape index (κ1) is 8.47. The fourth-order valence-electron chi connectivity index (χ4n) is 0.954. The summed E-state index contributed by atoms with van der Waals surface area (Å²) in [6, 6.07) is 1.70. The van der Waals surface area contributed by atoms with Crippen LogP contribution >= 0.6 is 0 Å². The van der Waals surface area contributed by atoms with E-state index in [2.05, 4.69) is 0 Å². The lowest BCUT2D eigenvalue weighted by molar-refractivity contribution is -0.146. The summed E-state index contributed by atoms with van der Waals surface area (Å²) in [5, 5.41) is 17.4. The van der Waals surface area contributed by atoms with E-state index >= 15 is 0 Å². The lowest BCUT2D eigenvalue weighted by Gasteiger charge is -2.17. The SMILES string of the molecule is CC1(C)OC[C@@H]([C@@H](O)C#N)O1. The third kappa shape index (κ3) is 1.90. The van der Waals surface area contributed by atoms with Crippen molar-refractivity contribution in [1.82, 2.24) is 0 Å². The Labute approximate surface area is 65.3 Å². The van der Waals surface area contributed by atoms with Crippen LogP contribution in [-0.2, 0) is 9.47 Å². The van der Waals surface area contributed by atoms with E-state index in [0.29, 0.717) is 0 Å². The molecule has 0 bridgehead atoms. The minimum absolute atomic E-state index is 0.279. The molecule has 1 saturated heterocycles. The standard InChI is InChI=1S/C7H11NO3/c1-7(2)10-4-6(11-7)5(9)3-8/h5-6,9H,4H2,1-2H3/t5-,6-/m0/s1. The average Bonchev–Trinajstić information content (AvgIpc) is 2.29. The van der Waals surface area contributed by atoms with Crippen LogP contribution in [-0.4, -0.2) is 29.7 Å². The molecule has 0 aliphatic carbocycles. The van der Waals surface area contributed by atoms with Crippen LogP contribution in [0.4, 0.5) is 0 Å². The van der Waals surface area contributed by atoms with Crippen LogP contribution in [0.3, 0.4) is 0 Å². The van der Waals surface area contributed by atoms with E-state index < -0.39 is 18.0 Å². The van der Waals surface area contributed by atoms with Crippen molar-refractivity contribution < 1.29 is 14.6 Å². The molecule has 4 heteroatoms. The van der Waals surface area contributed by atoms with Crippen LogP contribution in [0, 0.1) is 11.3 Å². The molecule has 0 radical (unpaired) electrons. The van der Waals surface area contributed by atoms with E-state index in [-0.39, 0.29) is 6.61 Å². The van der Waals surface area contributed by atoms with Crippen LogP contribution in [0.1, 0.15) is 13.8 Å². The Kier molecular flexibility index (Phi) is 2.14. The van der Waals surface area contributed by atoms with Crippen molar-refractivity contribution in [2.24, 2.45) is 0 Å². The number of nitriles is 1. The number of aliphatic hydroxyl groups is 1. The summed E-state index contributed by atoms with van der Waals surface area (Å²) in [7, 11) is 0. The molecule has 1 N–H and O–H groups in total. The summed E-state index contributed by atoms with van der Waals surface area (Å²) in [6.45, 7) is 3.77. The smallest absolute Gasteiger partial charge is 0.168 e. The third-order valence-corrected chi connectivity index (χ3v) is 1.51. The first-order valence-electron chi connectivity index (χ1n) is 3.44. The highest BCUT2D eigenvalue weighted by Gasteiger charge is 2.36. The molecule has 0 aromatic heterocycles. The minimum atomic E-state index is -1.09. The van der Waals surface area contributed by atoms with Crippen molar-refractivity contribution in [1.29, 1.82) is 5.26 Å². The van der Waals surface area contributed by atoms with Gasteiger partial charge in [-0.05, 0) is 13.8 Å². The van der Waals surface area contributed by atoms with Crippen LogP contribution in [0.5, 0.6) is 0 Å². The highest BCUT2D eigenvalue weighted by molar-refractivity contribution is 4.91. The number of aliphatic hydroxyl groups excluding tert-OH is 1. The zero-order chi connectivity index (χ0) is 8.48. The van der Waals surface area contributed by atoms with E-state index in [9.17, 15) is 0 Å². The second-order valence-electron chi connectivity index (χ2n) is 2.94. The van der Waals surface area contributed by atoms with Gasteiger partial charge in [-0.1, -0.05) is 0 Å². The zero-order valence-corrected chi connectivity index (χ0v) is 6.57. The Morgan fingerprint density at radius 3 is 2.73 bits per heavy atom. The molecule has 62 valence electrons. The van der Waals surface area contributed by atoms with E-state index in [1.807, 2.05) is 0 Å². The second-order valence-corrected chi connectivity index (χ2v) is 2.94. The van der Waals surface area contributed by atoms with E-state index in [1.165, 1.54) is 0 Å². The van der Waals surface area contributed by atoms with Gasteiger partial charge in [0.05, 0.1) is 12.7 Å². The van der Waals surface area contributed by atoms with Gasteiger partial charge in [-0.25, -0.2) is 0 Å². The van der Waals surface area contributed by atoms with Gasteiger partial charge in [-0.15, -0.1) is 0 Å². The van der Waals surface area contributed by atoms with Crippen LogP contribution in [0.2, 0.25) is 0 Å². The summed E-state index contributed by atoms with van der Waals surface area (Å²) >= 11 is 0. The molecule has 2 atom stereocenters. The van der Waals surface area contributed by atoms with Gasteiger partial charge in [0.25, 0.3) is 0 Å². The molecule has 1 aliphatic rings. The number of ether oxygens (including phenoxy) is 2. The van der Waals surface area contributed by atoms with Crippen molar-refractivity contribution >= 4 is 0 Å². The Hall–Kier alpha value is -0.630. The van der Waals surface area contributed by atoms with Crippen molar-refractivity contribution in [3.8, 4) is 6.07 Å². The van der Waals surface area contributed by atoms with Crippen LogP contribution in [0.25, 0.3) is 0 Å². The van der Waals surface area contributed by atoms with Crippen LogP contribution in [0.15, 0.2) is 0 Å². The Balaban J connectivity index is 2.50. The van der Waals surface area contributed by atoms with Gasteiger partial charge in [-0.3, -0.25) is 0 Å². The van der Waals surface area contributed by atoms with Gasteiger partial charge in [0, 0.05) is 0 Å². The topological polar surface area (TPSA) is 62.5 Å². The first-order chi connectivity index (χ1) is 5.05. The quantitative estimate of drug-likeness (QED) is 0.545. The molecule has 1 rings (SSSR count). The monoisotopic (exact) mass is 157 g/mol. The minimum Gasteiger partial charge on any atom is -0.375 e. The number of nitrogens with zero attached hydrogens (tertiary/aromatic N) is 1. The average molecular weight is 157 g/mol. The molecule has 0 saturated carbocycles. The molecular formula is C7H11NO3. The molecule has 1 aliphatic heterocycles. The molecule has 0 spiro atoms. The maximum absolute atomic E-state index is 9.02. The largest absolute Gasteiger partial charge is 0.375 e. The van der Waals surface area contributed by atoms with Crippen molar-refractivity contribution in [3.05, 3.63) is 0 Å². The summed E-state index contributed by atoms with van der Waals surface area (Å²) in [4.78, 5) is 0. The Bertz CT molecular complexity index is 185. The lowest BCUT2D eigenvalue weighted by Crippen LogP contribution is -2.29. The van der Waals surface area contributed by atoms with Gasteiger partial charge in [0.15, 0.2) is 11.9 Å². The lowest BCUT2D eigenvalue weighted by atomic mass is 10.2. The molecule has 0 amide bonds. The predicted molar refractivity (Wildman–Crippen MR) is 36.5 cm³/mol. The van der Waals surface area contributed by atoms with Gasteiger partial charge in [0.2, 0.25) is 0 Å². The molecule has 1 fully saturated rings. The molecule has 1 heterocycles. The summed E-state index contributed by atoms with van der Waals surface area (Å²) in [6.07, 6.45) is -1.59. The maximum atomic E-state index is 9.02. The molecule has 0 unspecified atom stereocenters. The third-order valence-electron chi connectivity index (χ3n) is 1.51. The highest BCUT2D eigenvalue weighted by atomic mass is 16.7. The number of hydrogen-bond acceptors (Lipinski definition) is 4.